The lowest BCUT2D eigenvalue weighted by atomic mass is 10.2. The zero-order valence-electron chi connectivity index (χ0n) is 12.9. The number of halogens is 1. The predicted octanol–water partition coefficient (Wildman–Crippen LogP) is 3.50. The molecule has 1 fully saturated rings. The summed E-state index contributed by atoms with van der Waals surface area (Å²) < 4.78 is 19.5. The first kappa shape index (κ1) is 17.1. The van der Waals surface area contributed by atoms with Gasteiger partial charge in [0.25, 0.3) is 0 Å². The lowest BCUT2D eigenvalue weighted by molar-refractivity contribution is -0.115. The topological polar surface area (TPSA) is 50.4 Å². The fourth-order valence-electron chi connectivity index (χ4n) is 2.30. The molecule has 122 valence electrons. The van der Waals surface area contributed by atoms with E-state index in [9.17, 15) is 9.18 Å². The average molecular weight is 326 g/mol. The van der Waals surface area contributed by atoms with Gasteiger partial charge in [0.2, 0.25) is 5.91 Å². The van der Waals surface area contributed by atoms with Crippen LogP contribution in [0.1, 0.15) is 26.2 Å². The van der Waals surface area contributed by atoms with E-state index in [0.717, 1.165) is 31.0 Å². The number of carbonyl (C=O) groups is 1. The quantitative estimate of drug-likeness (QED) is 0.718. The summed E-state index contributed by atoms with van der Waals surface area (Å²) in [6.45, 7) is 3.45. The van der Waals surface area contributed by atoms with Crippen LogP contribution >= 0.6 is 11.8 Å². The molecule has 0 aliphatic carbocycles. The van der Waals surface area contributed by atoms with E-state index in [4.69, 9.17) is 4.74 Å². The van der Waals surface area contributed by atoms with Gasteiger partial charge in [0.15, 0.2) is 0 Å². The fraction of sp³-hybridized carbons (Fsp3) is 0.562. The molecule has 1 saturated heterocycles. The molecule has 1 aromatic rings. The number of ether oxygens (including phenoxy) is 1. The Morgan fingerprint density at radius 2 is 2.36 bits per heavy atom. The third-order valence-electron chi connectivity index (χ3n) is 3.47. The molecule has 1 aromatic carbocycles. The molecular weight excluding hydrogens is 303 g/mol. The van der Waals surface area contributed by atoms with E-state index in [1.165, 1.54) is 6.07 Å². The lowest BCUT2D eigenvalue weighted by Gasteiger charge is -2.13. The number of hydrogen-bond acceptors (Lipinski definition) is 4. The van der Waals surface area contributed by atoms with E-state index in [2.05, 4.69) is 17.6 Å². The molecule has 0 saturated carbocycles. The van der Waals surface area contributed by atoms with Gasteiger partial charge in [0, 0.05) is 31.0 Å². The second-order valence-electron chi connectivity index (χ2n) is 5.21. The van der Waals surface area contributed by atoms with E-state index in [1.54, 1.807) is 23.9 Å². The summed E-state index contributed by atoms with van der Waals surface area (Å²) in [7, 11) is 0. The first-order valence-electron chi connectivity index (χ1n) is 7.71. The maximum atomic E-state index is 14.0. The molecule has 0 spiro atoms. The second kappa shape index (κ2) is 9.00. The molecule has 1 aliphatic rings. The highest BCUT2D eigenvalue weighted by atomic mass is 32.2. The Bertz CT molecular complexity index is 493. The number of carbonyl (C=O) groups excluding carboxylic acids is 1. The second-order valence-corrected chi connectivity index (χ2v) is 6.60. The molecule has 1 heterocycles. The first-order chi connectivity index (χ1) is 10.7. The summed E-state index contributed by atoms with van der Waals surface area (Å²) in [6.07, 6.45) is 2.68. The molecule has 6 heteroatoms. The van der Waals surface area contributed by atoms with Crippen LogP contribution in [0.5, 0.6) is 0 Å². The van der Waals surface area contributed by atoms with Gasteiger partial charge in [0.1, 0.15) is 5.82 Å². The monoisotopic (exact) mass is 326 g/mol. The first-order valence-corrected chi connectivity index (χ1v) is 8.87. The summed E-state index contributed by atoms with van der Waals surface area (Å²) in [5.41, 5.74) is 0.932. The van der Waals surface area contributed by atoms with Crippen molar-refractivity contribution >= 4 is 29.0 Å². The molecule has 4 nitrogen and oxygen atoms in total. The van der Waals surface area contributed by atoms with Crippen molar-refractivity contribution in [2.45, 2.75) is 32.3 Å². The number of anilines is 2. The minimum absolute atomic E-state index is 0.0829. The Kier molecular flexibility index (Phi) is 6.99. The van der Waals surface area contributed by atoms with E-state index < -0.39 is 0 Å². The summed E-state index contributed by atoms with van der Waals surface area (Å²) in [5.74, 6) is 1.33. The zero-order chi connectivity index (χ0) is 15.8. The Morgan fingerprint density at radius 1 is 1.50 bits per heavy atom. The van der Waals surface area contributed by atoms with Crippen LogP contribution in [0, 0.1) is 5.82 Å². The highest BCUT2D eigenvalue weighted by Gasteiger charge is 2.15. The maximum absolute atomic E-state index is 14.0. The molecule has 0 aromatic heterocycles. The fourth-order valence-corrected chi connectivity index (χ4v) is 2.92. The van der Waals surface area contributed by atoms with Crippen molar-refractivity contribution in [3.05, 3.63) is 24.0 Å². The molecule has 1 atom stereocenters. The van der Waals surface area contributed by atoms with Crippen LogP contribution in [-0.2, 0) is 9.53 Å². The normalized spacial score (nSPS) is 17.5. The van der Waals surface area contributed by atoms with Gasteiger partial charge in [-0.3, -0.25) is 4.79 Å². The van der Waals surface area contributed by atoms with Crippen molar-refractivity contribution in [2.24, 2.45) is 0 Å². The standard InChI is InChI=1S/C16H23FN2O2S/c1-2-22-9-7-16(20)19-12-5-6-15(14(17)10-12)18-11-13-4-3-8-21-13/h5-6,10,13,18H,2-4,7-9,11H2,1H3,(H,19,20)/t13-/m0/s1. The molecule has 0 unspecified atom stereocenters. The van der Waals surface area contributed by atoms with Crippen molar-refractivity contribution in [2.75, 3.05) is 35.3 Å². The highest BCUT2D eigenvalue weighted by Crippen LogP contribution is 2.20. The maximum Gasteiger partial charge on any atom is 0.225 e. The van der Waals surface area contributed by atoms with Crippen LogP contribution in [0.3, 0.4) is 0 Å². The van der Waals surface area contributed by atoms with Crippen molar-refractivity contribution in [1.82, 2.24) is 0 Å². The van der Waals surface area contributed by atoms with Gasteiger partial charge in [-0.2, -0.15) is 11.8 Å². The van der Waals surface area contributed by atoms with Crippen molar-refractivity contribution in [3.8, 4) is 0 Å². The van der Waals surface area contributed by atoms with Crippen molar-refractivity contribution in [3.63, 3.8) is 0 Å². The van der Waals surface area contributed by atoms with Crippen LogP contribution in [0.2, 0.25) is 0 Å². The number of thioether (sulfide) groups is 1. The molecule has 1 amide bonds. The largest absolute Gasteiger partial charge is 0.380 e. The van der Waals surface area contributed by atoms with Crippen LogP contribution in [0.15, 0.2) is 18.2 Å². The van der Waals surface area contributed by atoms with Gasteiger partial charge in [-0.15, -0.1) is 0 Å². The molecule has 2 N–H and O–H groups in total. The van der Waals surface area contributed by atoms with Gasteiger partial charge < -0.3 is 15.4 Å². The highest BCUT2D eigenvalue weighted by molar-refractivity contribution is 7.99. The Morgan fingerprint density at radius 3 is 3.05 bits per heavy atom. The lowest BCUT2D eigenvalue weighted by Crippen LogP contribution is -2.19. The average Bonchev–Trinajstić information content (AvgIpc) is 3.00. The van der Waals surface area contributed by atoms with Crippen molar-refractivity contribution < 1.29 is 13.9 Å². The minimum atomic E-state index is -0.362. The van der Waals surface area contributed by atoms with Crippen molar-refractivity contribution in [1.29, 1.82) is 0 Å². The molecule has 0 radical (unpaired) electrons. The van der Waals surface area contributed by atoms with E-state index in [1.807, 2.05) is 0 Å². The number of benzene rings is 1. The number of amides is 1. The Hall–Kier alpha value is -1.27. The SMILES string of the molecule is CCSCCC(=O)Nc1ccc(NC[C@@H]2CCCO2)c(F)c1. The molecule has 0 bridgehead atoms. The predicted molar refractivity (Wildman–Crippen MR) is 90.1 cm³/mol. The van der Waals surface area contributed by atoms with Crippen LogP contribution in [0.25, 0.3) is 0 Å². The molecular formula is C16H23FN2O2S. The van der Waals surface area contributed by atoms with Gasteiger partial charge >= 0.3 is 0 Å². The summed E-state index contributed by atoms with van der Waals surface area (Å²) in [6, 6.07) is 4.72. The van der Waals surface area contributed by atoms with Gasteiger partial charge in [-0.25, -0.2) is 4.39 Å². The zero-order valence-corrected chi connectivity index (χ0v) is 13.7. The van der Waals surface area contributed by atoms with Gasteiger partial charge in [0.05, 0.1) is 11.8 Å². The van der Waals surface area contributed by atoms with Gasteiger partial charge in [-0.1, -0.05) is 6.92 Å². The molecule has 2 rings (SSSR count). The van der Waals surface area contributed by atoms with E-state index >= 15 is 0 Å². The van der Waals surface area contributed by atoms with Gasteiger partial charge in [-0.05, 0) is 36.8 Å². The number of hydrogen-bond donors (Lipinski definition) is 2. The van der Waals surface area contributed by atoms with Crippen LogP contribution in [-0.4, -0.2) is 36.7 Å². The summed E-state index contributed by atoms with van der Waals surface area (Å²) in [4.78, 5) is 11.7. The number of nitrogens with one attached hydrogen (secondary N) is 2. The van der Waals surface area contributed by atoms with E-state index in [0.29, 0.717) is 24.3 Å². The van der Waals surface area contributed by atoms with E-state index in [-0.39, 0.29) is 17.8 Å². The summed E-state index contributed by atoms with van der Waals surface area (Å²) in [5, 5.41) is 5.78. The third-order valence-corrected chi connectivity index (χ3v) is 4.38. The Labute approximate surface area is 135 Å². The molecule has 22 heavy (non-hydrogen) atoms. The summed E-state index contributed by atoms with van der Waals surface area (Å²) >= 11 is 1.71. The smallest absolute Gasteiger partial charge is 0.225 e. The third kappa shape index (κ3) is 5.50. The Balaban J connectivity index is 1.81. The van der Waals surface area contributed by atoms with Crippen LogP contribution in [0.4, 0.5) is 15.8 Å². The molecule has 1 aliphatic heterocycles. The van der Waals surface area contributed by atoms with Crippen LogP contribution < -0.4 is 10.6 Å². The minimum Gasteiger partial charge on any atom is -0.380 e. The number of rotatable bonds is 8.